The number of benzene rings is 1. The number of aromatic nitrogens is 5. The van der Waals surface area contributed by atoms with Gasteiger partial charge in [-0.25, -0.2) is 19.3 Å². The first-order valence-corrected chi connectivity index (χ1v) is 11.3. The molecule has 8 nitrogen and oxygen atoms in total. The van der Waals surface area contributed by atoms with Gasteiger partial charge >= 0.3 is 0 Å². The summed E-state index contributed by atoms with van der Waals surface area (Å²) in [5.74, 6) is 1.35. The number of rotatable bonds is 6. The van der Waals surface area contributed by atoms with Crippen LogP contribution in [0, 0.1) is 18.2 Å². The van der Waals surface area contributed by atoms with Gasteiger partial charge in [0.1, 0.15) is 28.8 Å². The van der Waals surface area contributed by atoms with E-state index in [0.717, 1.165) is 37.6 Å². The summed E-state index contributed by atoms with van der Waals surface area (Å²) in [6, 6.07) is 8.30. The Morgan fingerprint density at radius 1 is 1.06 bits per heavy atom. The van der Waals surface area contributed by atoms with Gasteiger partial charge in [-0.15, -0.1) is 0 Å². The first-order valence-electron chi connectivity index (χ1n) is 11.3. The Kier molecular flexibility index (Phi) is 5.36. The third-order valence-corrected chi connectivity index (χ3v) is 6.06. The average molecular weight is 450 g/mol. The van der Waals surface area contributed by atoms with E-state index in [4.69, 9.17) is 10.1 Å². The topological polar surface area (TPSA) is 91.5 Å². The lowest BCUT2D eigenvalue weighted by Gasteiger charge is -2.24. The molecule has 33 heavy (non-hydrogen) atoms. The predicted octanol–water partition coefficient (Wildman–Crippen LogP) is 3.82. The van der Waals surface area contributed by atoms with Crippen molar-refractivity contribution in [1.29, 1.82) is 0 Å². The van der Waals surface area contributed by atoms with E-state index in [1.54, 1.807) is 10.6 Å². The number of halogens is 1. The smallest absolute Gasteiger partial charge is 0.160 e. The number of fused-ring (bicyclic) bond motifs is 2. The van der Waals surface area contributed by atoms with E-state index in [9.17, 15) is 9.50 Å². The molecule has 0 amide bonds. The quantitative estimate of drug-likeness (QED) is 0.462. The number of nitrogens with zero attached hydrogens (tertiary/aromatic N) is 6. The molecule has 5 rings (SSSR count). The average Bonchev–Trinajstić information content (AvgIpc) is 3.47. The van der Waals surface area contributed by atoms with Gasteiger partial charge in [-0.05, 0) is 31.9 Å². The van der Waals surface area contributed by atoms with Crippen molar-refractivity contribution in [2.75, 3.05) is 36.5 Å². The van der Waals surface area contributed by atoms with E-state index >= 15 is 0 Å². The summed E-state index contributed by atoms with van der Waals surface area (Å²) >= 11 is 0. The maximum Gasteiger partial charge on any atom is 0.160 e. The first kappa shape index (κ1) is 21.5. The molecule has 1 aliphatic heterocycles. The fourth-order valence-corrected chi connectivity index (χ4v) is 4.06. The van der Waals surface area contributed by atoms with Crippen molar-refractivity contribution in [3.05, 3.63) is 41.8 Å². The van der Waals surface area contributed by atoms with E-state index in [2.05, 4.69) is 20.2 Å². The highest BCUT2D eigenvalue weighted by molar-refractivity contribution is 5.78. The maximum atomic E-state index is 13.8. The second-order valence-electron chi connectivity index (χ2n) is 9.46. The zero-order valence-corrected chi connectivity index (χ0v) is 19.1. The van der Waals surface area contributed by atoms with Crippen LogP contribution in [-0.4, -0.2) is 55.9 Å². The van der Waals surface area contributed by atoms with E-state index < -0.39 is 0 Å². The molecule has 0 bridgehead atoms. The maximum absolute atomic E-state index is 13.8. The molecule has 0 spiro atoms. The zero-order valence-electron chi connectivity index (χ0n) is 19.1. The lowest BCUT2D eigenvalue weighted by atomic mass is 9.95. The second-order valence-corrected chi connectivity index (χ2v) is 9.46. The Labute approximate surface area is 191 Å². The molecule has 4 heterocycles. The van der Waals surface area contributed by atoms with Crippen LogP contribution in [0.2, 0.25) is 0 Å². The van der Waals surface area contributed by atoms with Crippen LogP contribution in [0.1, 0.15) is 32.4 Å². The van der Waals surface area contributed by atoms with Crippen LogP contribution in [0.25, 0.3) is 28.1 Å². The lowest BCUT2D eigenvalue weighted by molar-refractivity contribution is 0.170. The summed E-state index contributed by atoms with van der Waals surface area (Å²) in [6.45, 7) is 8.48. The molecule has 1 fully saturated rings. The standard InChI is InChI=1S/C24H28FN7O/c1-15-23(28-18-10-16(25)6-7-17(18)27-15)19-11-22-29-21(31-8-4-5-9-31)12-20(32(22)30-19)26-13-24(2,3)14-33/h6-7,10-12,26,33H,4-5,8-9,13-14H2,1-3H3. The highest BCUT2D eigenvalue weighted by atomic mass is 19.1. The molecular weight excluding hydrogens is 421 g/mol. The van der Waals surface area contributed by atoms with Gasteiger partial charge in [0.05, 0.1) is 16.7 Å². The molecule has 1 aromatic carbocycles. The normalized spacial score (nSPS) is 14.5. The third kappa shape index (κ3) is 4.20. The van der Waals surface area contributed by atoms with Crippen LogP contribution in [0.5, 0.6) is 0 Å². The van der Waals surface area contributed by atoms with E-state index in [0.29, 0.717) is 40.3 Å². The van der Waals surface area contributed by atoms with Crippen LogP contribution in [-0.2, 0) is 0 Å². The second kappa shape index (κ2) is 8.22. The summed E-state index contributed by atoms with van der Waals surface area (Å²) < 4.78 is 15.5. The van der Waals surface area contributed by atoms with Crippen molar-refractivity contribution < 1.29 is 9.50 Å². The number of hydrogen-bond donors (Lipinski definition) is 2. The molecule has 0 radical (unpaired) electrons. The lowest BCUT2D eigenvalue weighted by Crippen LogP contribution is -2.28. The van der Waals surface area contributed by atoms with Crippen LogP contribution in [0.4, 0.5) is 16.0 Å². The molecule has 4 aromatic rings. The summed E-state index contributed by atoms with van der Waals surface area (Å²) in [5, 5.41) is 17.9. The SMILES string of the molecule is Cc1nc2ccc(F)cc2nc1-c1cc2nc(N3CCCC3)cc(NCC(C)(C)CO)n2n1. The van der Waals surface area contributed by atoms with Crippen molar-refractivity contribution in [2.24, 2.45) is 5.41 Å². The van der Waals surface area contributed by atoms with Crippen molar-refractivity contribution in [2.45, 2.75) is 33.6 Å². The van der Waals surface area contributed by atoms with Gasteiger partial charge in [-0.2, -0.15) is 9.61 Å². The fraction of sp³-hybridized carbons (Fsp3) is 0.417. The van der Waals surface area contributed by atoms with E-state index in [1.807, 2.05) is 32.9 Å². The minimum Gasteiger partial charge on any atom is -0.396 e. The van der Waals surface area contributed by atoms with Crippen molar-refractivity contribution in [1.82, 2.24) is 24.6 Å². The molecule has 0 unspecified atom stereocenters. The number of nitrogens with one attached hydrogen (secondary N) is 1. The van der Waals surface area contributed by atoms with Crippen molar-refractivity contribution >= 4 is 28.3 Å². The Bertz CT molecular complexity index is 1330. The molecule has 172 valence electrons. The van der Waals surface area contributed by atoms with Gasteiger partial charge in [0, 0.05) is 49.9 Å². The molecule has 0 saturated carbocycles. The van der Waals surface area contributed by atoms with Crippen LogP contribution in [0.3, 0.4) is 0 Å². The van der Waals surface area contributed by atoms with Crippen LogP contribution in [0.15, 0.2) is 30.3 Å². The van der Waals surface area contributed by atoms with Gasteiger partial charge < -0.3 is 15.3 Å². The van der Waals surface area contributed by atoms with E-state index in [1.165, 1.54) is 12.1 Å². The molecule has 0 atom stereocenters. The number of anilines is 2. The van der Waals surface area contributed by atoms with Crippen LogP contribution < -0.4 is 10.2 Å². The van der Waals surface area contributed by atoms with Crippen molar-refractivity contribution in [3.63, 3.8) is 0 Å². The molecule has 9 heteroatoms. The van der Waals surface area contributed by atoms with Gasteiger partial charge in [0.15, 0.2) is 5.65 Å². The molecule has 1 aliphatic rings. The highest BCUT2D eigenvalue weighted by Gasteiger charge is 2.21. The summed E-state index contributed by atoms with van der Waals surface area (Å²) in [5.41, 5.74) is 3.48. The number of aliphatic hydroxyl groups excluding tert-OH is 1. The fourth-order valence-electron chi connectivity index (χ4n) is 4.06. The Hall–Kier alpha value is -3.33. The molecule has 2 N–H and O–H groups in total. The highest BCUT2D eigenvalue weighted by Crippen LogP contribution is 2.28. The van der Waals surface area contributed by atoms with Gasteiger partial charge in [0.2, 0.25) is 0 Å². The monoisotopic (exact) mass is 449 g/mol. The minimum atomic E-state index is -0.350. The first-order chi connectivity index (χ1) is 15.8. The largest absolute Gasteiger partial charge is 0.396 e. The van der Waals surface area contributed by atoms with Gasteiger partial charge in [0.25, 0.3) is 0 Å². The summed E-state index contributed by atoms with van der Waals surface area (Å²) in [6.07, 6.45) is 2.31. The Balaban J connectivity index is 1.62. The van der Waals surface area contributed by atoms with Crippen molar-refractivity contribution in [3.8, 4) is 11.4 Å². The summed E-state index contributed by atoms with van der Waals surface area (Å²) in [4.78, 5) is 16.4. The van der Waals surface area contributed by atoms with E-state index in [-0.39, 0.29) is 17.8 Å². The van der Waals surface area contributed by atoms with Crippen LogP contribution >= 0.6 is 0 Å². The minimum absolute atomic E-state index is 0.0694. The number of aliphatic hydroxyl groups is 1. The third-order valence-electron chi connectivity index (χ3n) is 6.06. The number of hydrogen-bond acceptors (Lipinski definition) is 7. The molecule has 1 saturated heterocycles. The van der Waals surface area contributed by atoms with Gasteiger partial charge in [-0.3, -0.25) is 0 Å². The van der Waals surface area contributed by atoms with Gasteiger partial charge in [-0.1, -0.05) is 13.8 Å². The molecule has 0 aliphatic carbocycles. The zero-order chi connectivity index (χ0) is 23.2. The number of aryl methyl sites for hydroxylation is 1. The Morgan fingerprint density at radius 2 is 1.85 bits per heavy atom. The molecule has 3 aromatic heterocycles. The molecular formula is C24H28FN7O. The Morgan fingerprint density at radius 3 is 2.61 bits per heavy atom. The predicted molar refractivity (Wildman–Crippen MR) is 127 cm³/mol. The summed E-state index contributed by atoms with van der Waals surface area (Å²) in [7, 11) is 0.